The van der Waals surface area contributed by atoms with Crippen molar-refractivity contribution in [3.8, 4) is 0 Å². The van der Waals surface area contributed by atoms with Gasteiger partial charge in [-0.25, -0.2) is 0 Å². The molecule has 1 aliphatic rings. The lowest BCUT2D eigenvalue weighted by Gasteiger charge is -2.34. The Balaban J connectivity index is 1.71. The number of aromatic nitrogens is 1. The number of aliphatic hydroxyl groups is 1. The minimum absolute atomic E-state index is 0.000955. The molecule has 0 aromatic carbocycles. The Morgan fingerprint density at radius 2 is 2.21 bits per heavy atom. The number of pyridine rings is 1. The van der Waals surface area contributed by atoms with Crippen molar-refractivity contribution in [3.63, 3.8) is 0 Å². The van der Waals surface area contributed by atoms with E-state index in [4.69, 9.17) is 5.73 Å². The Kier molecular flexibility index (Phi) is 4.61. The number of anilines is 1. The summed E-state index contributed by atoms with van der Waals surface area (Å²) in [6.07, 6.45) is 4.40. The van der Waals surface area contributed by atoms with Crippen molar-refractivity contribution >= 4 is 5.69 Å². The lowest BCUT2D eigenvalue weighted by molar-refractivity contribution is 0.0281. The maximum atomic E-state index is 11.6. The molecule has 1 heterocycles. The molecule has 0 amide bonds. The summed E-state index contributed by atoms with van der Waals surface area (Å²) in [6, 6.07) is 3.14. The fourth-order valence-corrected chi connectivity index (χ4v) is 2.62. The normalized spacial score (nSPS) is 22.5. The van der Waals surface area contributed by atoms with Gasteiger partial charge in [-0.2, -0.15) is 0 Å². The van der Waals surface area contributed by atoms with Gasteiger partial charge in [0, 0.05) is 31.0 Å². The van der Waals surface area contributed by atoms with E-state index in [9.17, 15) is 9.90 Å². The first-order valence-electron chi connectivity index (χ1n) is 6.87. The SMILES string of the molecule is CN(CCCn1cc(N)ccc1=O)CC1CC(O)C1. The summed E-state index contributed by atoms with van der Waals surface area (Å²) < 4.78 is 1.66. The van der Waals surface area contributed by atoms with E-state index in [0.29, 0.717) is 18.2 Å². The van der Waals surface area contributed by atoms with Crippen LogP contribution < -0.4 is 11.3 Å². The number of hydrogen-bond donors (Lipinski definition) is 2. The zero-order chi connectivity index (χ0) is 13.8. The second-order valence-corrected chi connectivity index (χ2v) is 5.60. The van der Waals surface area contributed by atoms with Crippen LogP contribution in [-0.4, -0.2) is 40.8 Å². The number of aliphatic hydroxyl groups excluding tert-OH is 1. The molecule has 1 aromatic rings. The van der Waals surface area contributed by atoms with Crippen molar-refractivity contribution < 1.29 is 5.11 Å². The minimum atomic E-state index is -0.0794. The standard InChI is InChI=1S/C14H23N3O2/c1-16(9-11-7-13(18)8-11)5-2-6-17-10-12(15)3-4-14(17)19/h3-4,10-11,13,18H,2,5-9,15H2,1H3. The maximum Gasteiger partial charge on any atom is 0.250 e. The van der Waals surface area contributed by atoms with Crippen LogP contribution in [0.25, 0.3) is 0 Å². The van der Waals surface area contributed by atoms with Crippen molar-refractivity contribution in [1.82, 2.24) is 9.47 Å². The highest BCUT2D eigenvalue weighted by Crippen LogP contribution is 2.27. The molecule has 1 saturated carbocycles. The van der Waals surface area contributed by atoms with Crippen LogP contribution in [0.2, 0.25) is 0 Å². The van der Waals surface area contributed by atoms with Crippen LogP contribution in [-0.2, 0) is 6.54 Å². The molecule has 1 aliphatic carbocycles. The molecule has 3 N–H and O–H groups in total. The second kappa shape index (κ2) is 6.21. The molecule has 0 bridgehead atoms. The smallest absolute Gasteiger partial charge is 0.250 e. The van der Waals surface area contributed by atoms with Crippen LogP contribution in [0.5, 0.6) is 0 Å². The Bertz CT molecular complexity index is 466. The zero-order valence-electron chi connectivity index (χ0n) is 11.5. The molecule has 106 valence electrons. The molecule has 0 saturated heterocycles. The predicted octanol–water partition coefficient (Wildman–Crippen LogP) is 0.523. The third-order valence-corrected chi connectivity index (χ3v) is 3.73. The van der Waals surface area contributed by atoms with Crippen molar-refractivity contribution in [2.45, 2.75) is 31.9 Å². The van der Waals surface area contributed by atoms with E-state index in [1.54, 1.807) is 16.8 Å². The molecule has 5 nitrogen and oxygen atoms in total. The fourth-order valence-electron chi connectivity index (χ4n) is 2.62. The number of aryl methyl sites for hydroxylation is 1. The summed E-state index contributed by atoms with van der Waals surface area (Å²) in [4.78, 5) is 13.9. The molecule has 1 aromatic heterocycles. The first-order valence-corrected chi connectivity index (χ1v) is 6.87. The van der Waals surface area contributed by atoms with Crippen LogP contribution in [0.1, 0.15) is 19.3 Å². The number of nitrogens with zero attached hydrogens (tertiary/aromatic N) is 2. The van der Waals surface area contributed by atoms with Crippen LogP contribution in [0.15, 0.2) is 23.1 Å². The van der Waals surface area contributed by atoms with Crippen LogP contribution in [0, 0.1) is 5.92 Å². The van der Waals surface area contributed by atoms with E-state index in [2.05, 4.69) is 11.9 Å². The largest absolute Gasteiger partial charge is 0.398 e. The summed E-state index contributed by atoms with van der Waals surface area (Å²) >= 11 is 0. The van der Waals surface area contributed by atoms with Gasteiger partial charge in [-0.05, 0) is 44.8 Å². The minimum Gasteiger partial charge on any atom is -0.398 e. The van der Waals surface area contributed by atoms with Crippen LogP contribution in [0.4, 0.5) is 5.69 Å². The van der Waals surface area contributed by atoms with Crippen molar-refractivity contribution in [1.29, 1.82) is 0 Å². The highest BCUT2D eigenvalue weighted by atomic mass is 16.3. The Labute approximate surface area is 113 Å². The van der Waals surface area contributed by atoms with E-state index in [1.807, 2.05) is 0 Å². The van der Waals surface area contributed by atoms with Crippen LogP contribution >= 0.6 is 0 Å². The summed E-state index contributed by atoms with van der Waals surface area (Å²) in [5.74, 6) is 0.634. The summed E-state index contributed by atoms with van der Waals surface area (Å²) in [7, 11) is 2.09. The highest BCUT2D eigenvalue weighted by Gasteiger charge is 2.27. The van der Waals surface area contributed by atoms with Gasteiger partial charge in [-0.1, -0.05) is 0 Å². The lowest BCUT2D eigenvalue weighted by atomic mass is 9.82. The molecule has 19 heavy (non-hydrogen) atoms. The molecule has 1 fully saturated rings. The van der Waals surface area contributed by atoms with E-state index < -0.39 is 0 Å². The van der Waals surface area contributed by atoms with Crippen molar-refractivity contribution in [3.05, 3.63) is 28.7 Å². The van der Waals surface area contributed by atoms with Gasteiger partial charge < -0.3 is 20.3 Å². The number of nitrogens with two attached hydrogens (primary N) is 1. The lowest BCUT2D eigenvalue weighted by Crippen LogP contribution is -2.37. The molecule has 0 unspecified atom stereocenters. The molecular formula is C14H23N3O2. The third kappa shape index (κ3) is 4.08. The predicted molar refractivity (Wildman–Crippen MR) is 76.0 cm³/mol. The van der Waals surface area contributed by atoms with Gasteiger partial charge >= 0.3 is 0 Å². The zero-order valence-corrected chi connectivity index (χ0v) is 11.5. The van der Waals surface area contributed by atoms with Gasteiger partial charge in [0.15, 0.2) is 0 Å². The van der Waals surface area contributed by atoms with Crippen LogP contribution in [0.3, 0.4) is 0 Å². The van der Waals surface area contributed by atoms with Crippen molar-refractivity contribution in [2.75, 3.05) is 25.9 Å². The first kappa shape index (κ1) is 14.1. The Morgan fingerprint density at radius 1 is 1.47 bits per heavy atom. The van der Waals surface area contributed by atoms with Gasteiger partial charge in [0.25, 0.3) is 5.56 Å². The monoisotopic (exact) mass is 265 g/mol. The van der Waals surface area contributed by atoms with E-state index in [0.717, 1.165) is 32.4 Å². The number of rotatable bonds is 6. The number of nitrogen functional groups attached to an aromatic ring is 1. The topological polar surface area (TPSA) is 71.5 Å². The van der Waals surface area contributed by atoms with Crippen molar-refractivity contribution in [2.24, 2.45) is 5.92 Å². The average Bonchev–Trinajstić information content (AvgIpc) is 2.32. The molecule has 0 aliphatic heterocycles. The van der Waals surface area contributed by atoms with Gasteiger partial charge in [-0.15, -0.1) is 0 Å². The third-order valence-electron chi connectivity index (χ3n) is 3.73. The second-order valence-electron chi connectivity index (χ2n) is 5.60. The molecule has 2 rings (SSSR count). The molecule has 0 radical (unpaired) electrons. The average molecular weight is 265 g/mol. The van der Waals surface area contributed by atoms with Gasteiger partial charge in [0.2, 0.25) is 0 Å². The van der Waals surface area contributed by atoms with E-state index in [-0.39, 0.29) is 11.7 Å². The Hall–Kier alpha value is -1.33. The molecule has 0 atom stereocenters. The summed E-state index contributed by atoms with van der Waals surface area (Å²) in [6.45, 7) is 2.68. The first-order chi connectivity index (χ1) is 9.04. The van der Waals surface area contributed by atoms with E-state index in [1.165, 1.54) is 6.07 Å². The summed E-state index contributed by atoms with van der Waals surface area (Å²) in [5.41, 5.74) is 6.29. The maximum absolute atomic E-state index is 11.6. The van der Waals surface area contributed by atoms with E-state index >= 15 is 0 Å². The molecular weight excluding hydrogens is 242 g/mol. The molecule has 5 heteroatoms. The van der Waals surface area contributed by atoms with Gasteiger partial charge in [-0.3, -0.25) is 4.79 Å². The molecule has 0 spiro atoms. The fraction of sp³-hybridized carbons (Fsp3) is 0.643. The van der Waals surface area contributed by atoms with Gasteiger partial charge in [0.05, 0.1) is 6.10 Å². The quantitative estimate of drug-likeness (QED) is 0.787. The van der Waals surface area contributed by atoms with Gasteiger partial charge in [0.1, 0.15) is 0 Å². The summed E-state index contributed by atoms with van der Waals surface area (Å²) in [5, 5.41) is 9.24. The number of hydrogen-bond acceptors (Lipinski definition) is 4. The highest BCUT2D eigenvalue weighted by molar-refractivity contribution is 5.33. The Morgan fingerprint density at radius 3 is 2.89 bits per heavy atom.